The normalized spacial score (nSPS) is 10.8. The minimum atomic E-state index is -0.469. The standard InChI is InChI=1S/C19H15N5O3S/c20-9-10-23-12-14(17-3-1-2-4-18(17)23)11-21-22-19(25)13-28-16-7-5-15(6-8-16)24(26)27/h1-8,11-12H,10,13H2,(H,22,25)/b21-11-. The molecular weight excluding hydrogens is 378 g/mol. The number of nitro benzene ring substituents is 1. The second kappa shape index (κ2) is 8.83. The van der Waals surface area contributed by atoms with E-state index < -0.39 is 4.92 Å². The van der Waals surface area contributed by atoms with Gasteiger partial charge in [-0.1, -0.05) is 18.2 Å². The number of hydrogen-bond acceptors (Lipinski definition) is 6. The van der Waals surface area contributed by atoms with Gasteiger partial charge in [-0.05, 0) is 18.2 Å². The van der Waals surface area contributed by atoms with Gasteiger partial charge in [-0.15, -0.1) is 11.8 Å². The summed E-state index contributed by atoms with van der Waals surface area (Å²) in [5, 5.41) is 24.5. The zero-order valence-electron chi connectivity index (χ0n) is 14.6. The van der Waals surface area contributed by atoms with E-state index in [1.165, 1.54) is 23.9 Å². The van der Waals surface area contributed by atoms with Crippen LogP contribution in [-0.2, 0) is 11.3 Å². The summed E-state index contributed by atoms with van der Waals surface area (Å²) in [5.74, 6) is -0.161. The van der Waals surface area contributed by atoms with Crippen molar-refractivity contribution in [3.05, 3.63) is 70.4 Å². The number of hydrogen-bond donors (Lipinski definition) is 1. The number of thioether (sulfide) groups is 1. The Hall–Kier alpha value is -3.64. The molecule has 0 saturated heterocycles. The van der Waals surface area contributed by atoms with Gasteiger partial charge in [0.05, 0.1) is 23.0 Å². The summed E-state index contributed by atoms with van der Waals surface area (Å²) in [6, 6.07) is 15.8. The molecule has 0 atom stereocenters. The van der Waals surface area contributed by atoms with E-state index in [0.29, 0.717) is 0 Å². The number of aromatic nitrogens is 1. The Morgan fingerprint density at radius 1 is 1.29 bits per heavy atom. The lowest BCUT2D eigenvalue weighted by molar-refractivity contribution is -0.384. The second-order valence-electron chi connectivity index (χ2n) is 5.72. The number of carbonyl (C=O) groups is 1. The summed E-state index contributed by atoms with van der Waals surface area (Å²) in [6.45, 7) is 0.229. The van der Waals surface area contributed by atoms with Gasteiger partial charge in [0, 0.05) is 39.7 Å². The number of hydrazone groups is 1. The number of rotatable bonds is 7. The van der Waals surface area contributed by atoms with Gasteiger partial charge in [-0.3, -0.25) is 14.9 Å². The van der Waals surface area contributed by atoms with E-state index in [1.807, 2.05) is 35.0 Å². The van der Waals surface area contributed by atoms with Crippen molar-refractivity contribution >= 4 is 40.5 Å². The molecule has 3 rings (SSSR count). The van der Waals surface area contributed by atoms with Crippen LogP contribution in [0.2, 0.25) is 0 Å². The van der Waals surface area contributed by atoms with Gasteiger partial charge in [-0.25, -0.2) is 5.43 Å². The smallest absolute Gasteiger partial charge is 0.269 e. The average molecular weight is 393 g/mol. The molecule has 8 nitrogen and oxygen atoms in total. The van der Waals surface area contributed by atoms with Crippen LogP contribution in [0.1, 0.15) is 5.56 Å². The van der Waals surface area contributed by atoms with E-state index in [4.69, 9.17) is 5.26 Å². The molecule has 0 radical (unpaired) electrons. The van der Waals surface area contributed by atoms with Gasteiger partial charge >= 0.3 is 0 Å². The van der Waals surface area contributed by atoms with E-state index >= 15 is 0 Å². The van der Waals surface area contributed by atoms with Crippen LogP contribution in [0.5, 0.6) is 0 Å². The lowest BCUT2D eigenvalue weighted by Crippen LogP contribution is -2.19. The van der Waals surface area contributed by atoms with Crippen molar-refractivity contribution in [1.29, 1.82) is 5.26 Å². The molecule has 0 spiro atoms. The number of carbonyl (C=O) groups excluding carboxylic acids is 1. The third kappa shape index (κ3) is 4.55. The Morgan fingerprint density at radius 2 is 2.04 bits per heavy atom. The van der Waals surface area contributed by atoms with Crippen LogP contribution in [-0.4, -0.2) is 27.4 Å². The summed E-state index contributed by atoms with van der Waals surface area (Å²) in [6.07, 6.45) is 3.36. The molecule has 3 aromatic rings. The molecule has 140 valence electrons. The summed E-state index contributed by atoms with van der Waals surface area (Å²) in [4.78, 5) is 22.9. The maximum absolute atomic E-state index is 12.0. The van der Waals surface area contributed by atoms with Gasteiger partial charge in [0.1, 0.15) is 6.54 Å². The minimum Gasteiger partial charge on any atom is -0.333 e. The predicted molar refractivity (Wildman–Crippen MR) is 107 cm³/mol. The number of para-hydroxylation sites is 1. The van der Waals surface area contributed by atoms with Crippen molar-refractivity contribution < 1.29 is 9.72 Å². The SMILES string of the molecule is N#CCn1cc(/C=N\NC(=O)CSc2ccc([N+](=O)[O-])cc2)c2ccccc21. The largest absolute Gasteiger partial charge is 0.333 e. The molecule has 1 heterocycles. The maximum atomic E-state index is 12.0. The average Bonchev–Trinajstić information content (AvgIpc) is 3.05. The van der Waals surface area contributed by atoms with Crippen LogP contribution >= 0.6 is 11.8 Å². The van der Waals surface area contributed by atoms with Crippen molar-refractivity contribution in [2.24, 2.45) is 5.10 Å². The molecule has 0 fully saturated rings. The lowest BCUT2D eigenvalue weighted by atomic mass is 10.2. The third-order valence-corrected chi connectivity index (χ3v) is 4.88. The summed E-state index contributed by atoms with van der Waals surface area (Å²) in [7, 11) is 0. The van der Waals surface area contributed by atoms with Crippen LogP contribution in [0.3, 0.4) is 0 Å². The number of nitro groups is 1. The molecule has 0 unspecified atom stereocenters. The van der Waals surface area contributed by atoms with Crippen molar-refractivity contribution in [3.8, 4) is 6.07 Å². The van der Waals surface area contributed by atoms with Crippen molar-refractivity contribution in [3.63, 3.8) is 0 Å². The van der Waals surface area contributed by atoms with Crippen LogP contribution < -0.4 is 5.43 Å². The molecule has 0 aliphatic heterocycles. The Kier molecular flexibility index (Phi) is 6.04. The minimum absolute atomic E-state index is 0.00830. The summed E-state index contributed by atoms with van der Waals surface area (Å²) in [5.41, 5.74) is 4.19. The van der Waals surface area contributed by atoms with Gasteiger partial charge in [0.2, 0.25) is 5.91 Å². The monoisotopic (exact) mass is 393 g/mol. The van der Waals surface area contributed by atoms with Gasteiger partial charge in [0.25, 0.3) is 5.69 Å². The van der Waals surface area contributed by atoms with Crippen LogP contribution in [0, 0.1) is 21.4 Å². The topological polar surface area (TPSA) is 113 Å². The molecule has 0 bridgehead atoms. The molecule has 0 aliphatic carbocycles. The quantitative estimate of drug-likeness (QED) is 0.286. The lowest BCUT2D eigenvalue weighted by Gasteiger charge is -2.00. The van der Waals surface area contributed by atoms with E-state index in [9.17, 15) is 14.9 Å². The third-order valence-electron chi connectivity index (χ3n) is 3.87. The van der Waals surface area contributed by atoms with Gasteiger partial charge < -0.3 is 4.57 Å². The highest BCUT2D eigenvalue weighted by Crippen LogP contribution is 2.21. The zero-order chi connectivity index (χ0) is 19.9. The van der Waals surface area contributed by atoms with E-state index in [-0.39, 0.29) is 23.9 Å². The fraction of sp³-hybridized carbons (Fsp3) is 0.105. The van der Waals surface area contributed by atoms with Crippen LogP contribution in [0.15, 0.2) is 64.7 Å². The molecule has 1 N–H and O–H groups in total. The second-order valence-corrected chi connectivity index (χ2v) is 6.77. The predicted octanol–water partition coefficient (Wildman–Crippen LogP) is 3.32. The Labute approximate surface area is 164 Å². The molecule has 1 aromatic heterocycles. The van der Waals surface area contributed by atoms with E-state index in [1.54, 1.807) is 18.3 Å². The van der Waals surface area contributed by atoms with Crippen molar-refractivity contribution in [2.75, 3.05) is 5.75 Å². The van der Waals surface area contributed by atoms with Crippen LogP contribution in [0.4, 0.5) is 5.69 Å². The number of nitrogens with one attached hydrogen (secondary N) is 1. The summed E-state index contributed by atoms with van der Waals surface area (Å²) < 4.78 is 1.82. The number of amides is 1. The van der Waals surface area contributed by atoms with E-state index in [0.717, 1.165) is 21.4 Å². The highest BCUT2D eigenvalue weighted by atomic mass is 32.2. The Morgan fingerprint density at radius 3 is 2.75 bits per heavy atom. The van der Waals surface area contributed by atoms with E-state index in [2.05, 4.69) is 16.6 Å². The number of non-ortho nitro benzene ring substituents is 1. The van der Waals surface area contributed by atoms with Crippen molar-refractivity contribution in [2.45, 2.75) is 11.4 Å². The number of nitriles is 1. The maximum Gasteiger partial charge on any atom is 0.269 e. The molecule has 28 heavy (non-hydrogen) atoms. The first-order valence-corrected chi connectivity index (χ1v) is 9.21. The van der Waals surface area contributed by atoms with Crippen molar-refractivity contribution in [1.82, 2.24) is 9.99 Å². The number of benzene rings is 2. The first-order chi connectivity index (χ1) is 13.6. The van der Waals surface area contributed by atoms with Gasteiger partial charge in [0.15, 0.2) is 0 Å². The Bertz CT molecular complexity index is 1080. The molecule has 0 aliphatic rings. The summed E-state index contributed by atoms with van der Waals surface area (Å²) >= 11 is 1.26. The molecule has 1 amide bonds. The molecule has 2 aromatic carbocycles. The zero-order valence-corrected chi connectivity index (χ0v) is 15.4. The fourth-order valence-electron chi connectivity index (χ4n) is 2.60. The molecule has 9 heteroatoms. The highest BCUT2D eigenvalue weighted by Gasteiger charge is 2.08. The first kappa shape index (κ1) is 19.1. The molecule has 0 saturated carbocycles. The number of nitrogens with zero attached hydrogens (tertiary/aromatic N) is 4. The first-order valence-electron chi connectivity index (χ1n) is 8.22. The van der Waals surface area contributed by atoms with Crippen LogP contribution in [0.25, 0.3) is 10.9 Å². The van der Waals surface area contributed by atoms with Gasteiger partial charge in [-0.2, -0.15) is 10.4 Å². The number of fused-ring (bicyclic) bond motifs is 1. The highest BCUT2D eigenvalue weighted by molar-refractivity contribution is 8.00. The fourth-order valence-corrected chi connectivity index (χ4v) is 3.29. The Balaban J connectivity index is 1.59. The molecular formula is C19H15N5O3S.